The predicted octanol–water partition coefficient (Wildman–Crippen LogP) is 6.39. The Labute approximate surface area is 259 Å². The molecule has 2 aromatic heterocycles. The normalized spacial score (nSPS) is 20.7. The summed E-state index contributed by atoms with van der Waals surface area (Å²) in [5, 5.41) is 13.1. The highest BCUT2D eigenvalue weighted by Crippen LogP contribution is 2.46. The van der Waals surface area contributed by atoms with Crippen LogP contribution in [0.15, 0.2) is 42.6 Å². The number of hydrogen-bond donors (Lipinski definition) is 3. The van der Waals surface area contributed by atoms with Crippen molar-refractivity contribution in [3.05, 3.63) is 58.9 Å². The fraction of sp³-hybridized carbons (Fsp3) is 0.484. The fourth-order valence-electron chi connectivity index (χ4n) is 6.49. The molecule has 236 valence electrons. The standard InChI is InChI=1S/C31H36ClF3N6O3/c1-4-24-30(16-23(38-24)28(42)43)8-11-41(12-9-30)25-15-26(40-29(36)39-25)44-27(31(33,34)35)20-6-5-19(32)14-21(20)18-7-10-37-22(13-18)17(2)3/h5-7,10,13-15,17,23-24,27,38H,4,8-9,11-12,16H2,1-3H3,(H,42,43)(H2,36,39,40)/t23?,24?,27-/m1/s1. The van der Waals surface area contributed by atoms with Gasteiger partial charge in [0.15, 0.2) is 0 Å². The molecule has 3 atom stereocenters. The number of nitrogens with one attached hydrogen (secondary N) is 1. The Kier molecular flexibility index (Phi) is 8.95. The average molecular weight is 633 g/mol. The first-order valence-electron chi connectivity index (χ1n) is 14.7. The molecule has 1 spiro atoms. The molecule has 2 saturated heterocycles. The third kappa shape index (κ3) is 6.56. The lowest BCUT2D eigenvalue weighted by Gasteiger charge is -2.43. The lowest BCUT2D eigenvalue weighted by molar-refractivity contribution is -0.198. The summed E-state index contributed by atoms with van der Waals surface area (Å²) in [7, 11) is 0. The van der Waals surface area contributed by atoms with Crippen molar-refractivity contribution in [3.8, 4) is 17.0 Å². The molecule has 5 rings (SSSR count). The van der Waals surface area contributed by atoms with Crippen molar-refractivity contribution in [3.63, 3.8) is 0 Å². The summed E-state index contributed by atoms with van der Waals surface area (Å²) < 4.78 is 49.6. The topological polar surface area (TPSA) is 126 Å². The third-order valence-corrected chi connectivity index (χ3v) is 9.00. The largest absolute Gasteiger partial charge is 0.480 e. The average Bonchev–Trinajstić information content (AvgIpc) is 3.33. The van der Waals surface area contributed by atoms with Crippen molar-refractivity contribution in [1.82, 2.24) is 20.3 Å². The van der Waals surface area contributed by atoms with Gasteiger partial charge in [-0.25, -0.2) is 0 Å². The highest BCUT2D eigenvalue weighted by molar-refractivity contribution is 6.30. The maximum absolute atomic E-state index is 14.7. The summed E-state index contributed by atoms with van der Waals surface area (Å²) in [4.78, 5) is 26.2. The quantitative estimate of drug-likeness (QED) is 0.259. The molecule has 1 aromatic carbocycles. The number of alkyl halides is 3. The maximum atomic E-state index is 14.7. The van der Waals surface area contributed by atoms with Crippen LogP contribution in [-0.4, -0.2) is 57.4 Å². The van der Waals surface area contributed by atoms with E-state index in [0.29, 0.717) is 43.7 Å². The van der Waals surface area contributed by atoms with Crippen molar-refractivity contribution >= 4 is 29.3 Å². The monoisotopic (exact) mass is 632 g/mol. The van der Waals surface area contributed by atoms with Crippen LogP contribution in [0.25, 0.3) is 11.1 Å². The number of nitrogens with two attached hydrogens (primary N) is 1. The number of benzene rings is 1. The Hall–Kier alpha value is -3.64. The predicted molar refractivity (Wildman–Crippen MR) is 162 cm³/mol. The zero-order chi connectivity index (χ0) is 31.8. The van der Waals surface area contributed by atoms with Gasteiger partial charge in [-0.05, 0) is 72.4 Å². The molecule has 2 aliphatic heterocycles. The molecule has 2 fully saturated rings. The van der Waals surface area contributed by atoms with Crippen LogP contribution in [0.1, 0.15) is 69.7 Å². The number of aromatic nitrogens is 3. The fourth-order valence-corrected chi connectivity index (χ4v) is 6.66. The van der Waals surface area contributed by atoms with Gasteiger partial charge in [-0.15, -0.1) is 0 Å². The number of nitrogens with zero attached hydrogens (tertiary/aromatic N) is 4. The van der Waals surface area contributed by atoms with E-state index in [1.165, 1.54) is 24.3 Å². The van der Waals surface area contributed by atoms with Gasteiger partial charge in [0.2, 0.25) is 17.9 Å². The van der Waals surface area contributed by atoms with Crippen LogP contribution in [-0.2, 0) is 4.79 Å². The van der Waals surface area contributed by atoms with Crippen LogP contribution < -0.4 is 20.7 Å². The Morgan fingerprint density at radius 2 is 1.93 bits per heavy atom. The highest BCUT2D eigenvalue weighted by atomic mass is 35.5. The first-order valence-corrected chi connectivity index (χ1v) is 15.0. The van der Waals surface area contributed by atoms with E-state index >= 15 is 0 Å². The Morgan fingerprint density at radius 3 is 2.57 bits per heavy atom. The summed E-state index contributed by atoms with van der Waals surface area (Å²) in [5.74, 6) is -0.973. The van der Waals surface area contributed by atoms with E-state index in [-0.39, 0.29) is 45.4 Å². The van der Waals surface area contributed by atoms with Crippen LogP contribution >= 0.6 is 11.6 Å². The van der Waals surface area contributed by atoms with Gasteiger partial charge < -0.3 is 25.8 Å². The van der Waals surface area contributed by atoms with Gasteiger partial charge in [-0.1, -0.05) is 38.4 Å². The molecule has 2 unspecified atom stereocenters. The number of piperidine rings is 1. The molecule has 0 saturated carbocycles. The smallest absolute Gasteiger partial charge is 0.429 e. The number of pyridine rings is 1. The van der Waals surface area contributed by atoms with Crippen LogP contribution in [0, 0.1) is 5.41 Å². The molecular formula is C31H36ClF3N6O3. The van der Waals surface area contributed by atoms with Crippen molar-refractivity contribution in [2.24, 2.45) is 5.41 Å². The minimum Gasteiger partial charge on any atom is -0.480 e. The van der Waals surface area contributed by atoms with Gasteiger partial charge in [0, 0.05) is 47.7 Å². The number of carbonyl (C=O) groups is 1. The number of anilines is 2. The third-order valence-electron chi connectivity index (χ3n) is 8.77. The van der Waals surface area contributed by atoms with Crippen molar-refractivity contribution in [2.45, 2.75) is 76.7 Å². The Balaban J connectivity index is 1.43. The number of nitrogen functional groups attached to an aromatic ring is 1. The van der Waals surface area contributed by atoms with E-state index in [2.05, 4.69) is 20.3 Å². The molecule has 44 heavy (non-hydrogen) atoms. The second-order valence-electron chi connectivity index (χ2n) is 11.9. The zero-order valence-electron chi connectivity index (χ0n) is 24.7. The van der Waals surface area contributed by atoms with Crippen LogP contribution in [0.4, 0.5) is 24.9 Å². The molecule has 2 aliphatic rings. The summed E-state index contributed by atoms with van der Waals surface area (Å²) in [6.45, 7) is 7.00. The van der Waals surface area contributed by atoms with E-state index in [4.69, 9.17) is 22.1 Å². The number of carboxylic acids is 1. The van der Waals surface area contributed by atoms with E-state index < -0.39 is 24.3 Å². The molecule has 0 bridgehead atoms. The second kappa shape index (κ2) is 12.4. The molecule has 4 heterocycles. The van der Waals surface area contributed by atoms with E-state index in [1.54, 1.807) is 18.3 Å². The first-order chi connectivity index (χ1) is 20.8. The lowest BCUT2D eigenvalue weighted by Crippen LogP contribution is -2.46. The van der Waals surface area contributed by atoms with E-state index in [0.717, 1.165) is 12.1 Å². The van der Waals surface area contributed by atoms with Crippen molar-refractivity contribution < 1.29 is 27.8 Å². The van der Waals surface area contributed by atoms with Gasteiger partial charge >= 0.3 is 12.1 Å². The van der Waals surface area contributed by atoms with Crippen molar-refractivity contribution in [1.29, 1.82) is 0 Å². The first kappa shape index (κ1) is 31.8. The SMILES string of the molecule is CCC1NC(C(=O)O)CC12CCN(c1cc(O[C@H](c3ccc(Cl)cc3-c3ccnc(C(C)C)c3)C(F)(F)F)nc(N)n1)CC2. The van der Waals surface area contributed by atoms with Gasteiger partial charge in [0.25, 0.3) is 0 Å². The summed E-state index contributed by atoms with van der Waals surface area (Å²) >= 11 is 6.25. The molecule has 4 N–H and O–H groups in total. The zero-order valence-corrected chi connectivity index (χ0v) is 25.5. The van der Waals surface area contributed by atoms with Crippen molar-refractivity contribution in [2.75, 3.05) is 23.7 Å². The minimum absolute atomic E-state index is 0.0655. The van der Waals surface area contributed by atoms with Crippen LogP contribution in [0.5, 0.6) is 5.88 Å². The molecular weight excluding hydrogens is 597 g/mol. The molecule has 0 aliphatic carbocycles. The van der Waals surface area contributed by atoms with Gasteiger partial charge in [-0.2, -0.15) is 23.1 Å². The van der Waals surface area contributed by atoms with Crippen LogP contribution in [0.3, 0.4) is 0 Å². The van der Waals surface area contributed by atoms with Gasteiger partial charge in [0.05, 0.1) is 0 Å². The number of aliphatic carboxylic acids is 1. The molecule has 0 amide bonds. The number of ether oxygens (including phenoxy) is 1. The minimum atomic E-state index is -4.81. The number of halogens is 4. The Bertz CT molecular complexity index is 1510. The van der Waals surface area contributed by atoms with E-state index in [1.807, 2.05) is 25.7 Å². The molecule has 3 aromatic rings. The van der Waals surface area contributed by atoms with Gasteiger partial charge in [-0.3, -0.25) is 9.78 Å². The second-order valence-corrected chi connectivity index (χ2v) is 12.3. The summed E-state index contributed by atoms with van der Waals surface area (Å²) in [5.41, 5.74) is 7.19. The van der Waals surface area contributed by atoms with Gasteiger partial charge in [0.1, 0.15) is 11.9 Å². The number of hydrogen-bond acceptors (Lipinski definition) is 8. The van der Waals surface area contributed by atoms with E-state index in [9.17, 15) is 23.1 Å². The lowest BCUT2D eigenvalue weighted by atomic mass is 9.71. The number of carboxylic acid groups (broad SMARTS) is 1. The van der Waals surface area contributed by atoms with Crippen LogP contribution in [0.2, 0.25) is 5.02 Å². The maximum Gasteiger partial charge on any atom is 0.429 e. The molecule has 9 nitrogen and oxygen atoms in total. The molecule has 13 heteroatoms. The molecule has 0 radical (unpaired) electrons. The highest BCUT2D eigenvalue weighted by Gasteiger charge is 2.50. The summed E-state index contributed by atoms with van der Waals surface area (Å²) in [6.07, 6.45) is -2.89. The summed E-state index contributed by atoms with van der Waals surface area (Å²) in [6, 6.07) is 8.42. The Morgan fingerprint density at radius 1 is 1.20 bits per heavy atom. The number of rotatable bonds is 8.